The van der Waals surface area contributed by atoms with Gasteiger partial charge in [0.1, 0.15) is 11.0 Å². The van der Waals surface area contributed by atoms with Gasteiger partial charge in [0.2, 0.25) is 0 Å². The highest BCUT2D eigenvalue weighted by Gasteiger charge is 2.44. The Kier molecular flexibility index (Phi) is 4.31. The quantitative estimate of drug-likeness (QED) is 0.753. The molecule has 7 nitrogen and oxygen atoms in total. The lowest BCUT2D eigenvalue weighted by molar-refractivity contribution is 0.0926. The van der Waals surface area contributed by atoms with Gasteiger partial charge in [-0.1, -0.05) is 12.1 Å². The van der Waals surface area contributed by atoms with Crippen molar-refractivity contribution in [3.63, 3.8) is 0 Å². The number of benzene rings is 1. The lowest BCUT2D eigenvalue weighted by atomic mass is 9.99. The van der Waals surface area contributed by atoms with Crippen LogP contribution in [0.25, 0.3) is 11.0 Å². The van der Waals surface area contributed by atoms with E-state index in [0.29, 0.717) is 17.5 Å². The van der Waals surface area contributed by atoms with E-state index in [4.69, 9.17) is 4.63 Å². The molecule has 3 aromatic rings. The van der Waals surface area contributed by atoms with Gasteiger partial charge in [-0.05, 0) is 72.2 Å². The molecule has 1 N–H and O–H groups in total. The van der Waals surface area contributed by atoms with Gasteiger partial charge in [0.15, 0.2) is 0 Å². The second-order valence-electron chi connectivity index (χ2n) is 7.95. The lowest BCUT2D eigenvalue weighted by Gasteiger charge is -2.24. The lowest BCUT2D eigenvalue weighted by Crippen LogP contribution is -2.39. The van der Waals surface area contributed by atoms with Crippen molar-refractivity contribution in [3.8, 4) is 0 Å². The van der Waals surface area contributed by atoms with Crippen LogP contribution in [0.15, 0.2) is 41.3 Å². The maximum absolute atomic E-state index is 12.6. The van der Waals surface area contributed by atoms with E-state index in [2.05, 4.69) is 31.6 Å². The second kappa shape index (κ2) is 6.98. The van der Waals surface area contributed by atoms with Crippen molar-refractivity contribution in [1.82, 2.24) is 25.5 Å². The van der Waals surface area contributed by atoms with Crippen LogP contribution in [0.3, 0.4) is 0 Å². The number of aryl methyl sites for hydroxylation is 1. The fourth-order valence-electron chi connectivity index (χ4n) is 4.89. The summed E-state index contributed by atoms with van der Waals surface area (Å²) < 4.78 is 4.90. The fraction of sp³-hybridized carbons (Fsp3) is 0.429. The number of fused-ring (bicyclic) bond motifs is 2. The van der Waals surface area contributed by atoms with Crippen LogP contribution in [-0.4, -0.2) is 44.7 Å². The third-order valence-corrected chi connectivity index (χ3v) is 6.20. The van der Waals surface area contributed by atoms with Crippen LogP contribution in [0.1, 0.15) is 40.7 Å². The number of carbonyl (C=O) groups excluding carboxylic acids is 1. The minimum Gasteiger partial charge on any atom is -0.349 e. The van der Waals surface area contributed by atoms with Gasteiger partial charge < -0.3 is 5.32 Å². The number of rotatable bonds is 4. The minimum atomic E-state index is -0.0151. The first-order chi connectivity index (χ1) is 13.7. The maximum atomic E-state index is 12.6. The Bertz CT molecular complexity index is 1020. The van der Waals surface area contributed by atoms with Crippen molar-refractivity contribution >= 4 is 16.9 Å². The Morgan fingerprint density at radius 2 is 2.18 bits per heavy atom. The molecular weight excluding hydrogens is 354 g/mol. The van der Waals surface area contributed by atoms with Gasteiger partial charge in [-0.3, -0.25) is 14.7 Å². The van der Waals surface area contributed by atoms with Crippen LogP contribution < -0.4 is 5.32 Å². The van der Waals surface area contributed by atoms with Crippen molar-refractivity contribution in [2.24, 2.45) is 5.92 Å². The summed E-state index contributed by atoms with van der Waals surface area (Å²) in [6.07, 6.45) is 6.64. The molecule has 0 unspecified atom stereocenters. The van der Waals surface area contributed by atoms with E-state index in [1.54, 1.807) is 12.4 Å². The molecule has 2 fully saturated rings. The highest BCUT2D eigenvalue weighted by molar-refractivity contribution is 5.94. The zero-order valence-corrected chi connectivity index (χ0v) is 15.8. The third kappa shape index (κ3) is 3.05. The zero-order chi connectivity index (χ0) is 19.1. The standard InChI is InChI=1S/C21H23N5O2/c1-13-9-15(11-22-10-13)21(27)23-17-5-6-19-16(17)7-8-26(19)12-14-3-2-4-18-20(14)25-28-24-18/h2-4,9-11,16-17,19H,5-8,12H2,1H3,(H,23,27)/t16-,17-,19+/m0/s1. The Labute approximate surface area is 163 Å². The summed E-state index contributed by atoms with van der Waals surface area (Å²) >= 11 is 0. The summed E-state index contributed by atoms with van der Waals surface area (Å²) in [7, 11) is 0. The monoisotopic (exact) mass is 377 g/mol. The van der Waals surface area contributed by atoms with Crippen LogP contribution in [0.2, 0.25) is 0 Å². The van der Waals surface area contributed by atoms with Crippen LogP contribution in [0.4, 0.5) is 0 Å². The maximum Gasteiger partial charge on any atom is 0.253 e. The number of hydrogen-bond donors (Lipinski definition) is 1. The largest absolute Gasteiger partial charge is 0.349 e. The van der Waals surface area contributed by atoms with E-state index >= 15 is 0 Å². The molecule has 3 heterocycles. The van der Waals surface area contributed by atoms with Gasteiger partial charge in [0.25, 0.3) is 5.91 Å². The van der Waals surface area contributed by atoms with E-state index in [-0.39, 0.29) is 11.9 Å². The van der Waals surface area contributed by atoms with Crippen molar-refractivity contribution in [3.05, 3.63) is 53.3 Å². The number of hydrogen-bond acceptors (Lipinski definition) is 6. The van der Waals surface area contributed by atoms with Crippen LogP contribution in [0, 0.1) is 12.8 Å². The smallest absolute Gasteiger partial charge is 0.253 e. The summed E-state index contributed by atoms with van der Waals surface area (Å²) in [5.74, 6) is 0.482. The molecule has 0 radical (unpaired) electrons. The van der Waals surface area contributed by atoms with Crippen LogP contribution in [-0.2, 0) is 6.54 Å². The summed E-state index contributed by atoms with van der Waals surface area (Å²) in [6, 6.07) is 8.64. The first kappa shape index (κ1) is 17.3. The normalized spacial score (nSPS) is 24.5. The molecule has 0 bridgehead atoms. The molecule has 2 aliphatic rings. The number of carbonyl (C=O) groups is 1. The molecule has 1 aliphatic carbocycles. The predicted octanol–water partition coefficient (Wildman–Crippen LogP) is 2.71. The molecular formula is C21H23N5O2. The van der Waals surface area contributed by atoms with Crippen molar-refractivity contribution in [2.75, 3.05) is 6.54 Å². The first-order valence-electron chi connectivity index (χ1n) is 9.86. The molecule has 1 amide bonds. The van der Waals surface area contributed by atoms with E-state index in [9.17, 15) is 4.79 Å². The van der Waals surface area contributed by atoms with E-state index in [1.807, 2.05) is 25.1 Å². The Morgan fingerprint density at radius 1 is 1.25 bits per heavy atom. The van der Waals surface area contributed by atoms with Gasteiger partial charge in [0, 0.05) is 31.0 Å². The number of likely N-dealkylation sites (tertiary alicyclic amines) is 1. The van der Waals surface area contributed by atoms with Gasteiger partial charge >= 0.3 is 0 Å². The molecule has 28 heavy (non-hydrogen) atoms. The van der Waals surface area contributed by atoms with Crippen LogP contribution >= 0.6 is 0 Å². The topological polar surface area (TPSA) is 84.2 Å². The molecule has 1 saturated carbocycles. The second-order valence-corrected chi connectivity index (χ2v) is 7.95. The molecule has 1 aromatic carbocycles. The summed E-state index contributed by atoms with van der Waals surface area (Å²) in [6.45, 7) is 3.83. The average molecular weight is 377 g/mol. The summed E-state index contributed by atoms with van der Waals surface area (Å²) in [5.41, 5.74) is 4.44. The van der Waals surface area contributed by atoms with Crippen molar-refractivity contribution in [2.45, 2.75) is 44.8 Å². The van der Waals surface area contributed by atoms with Crippen molar-refractivity contribution < 1.29 is 9.42 Å². The van der Waals surface area contributed by atoms with E-state index in [1.165, 1.54) is 0 Å². The number of aromatic nitrogens is 3. The number of pyridine rings is 1. The van der Waals surface area contributed by atoms with E-state index < -0.39 is 0 Å². The van der Waals surface area contributed by atoms with Gasteiger partial charge in [-0.25, -0.2) is 4.63 Å². The molecule has 3 atom stereocenters. The molecule has 144 valence electrons. The number of nitrogens with one attached hydrogen (secondary N) is 1. The molecule has 5 rings (SSSR count). The minimum absolute atomic E-state index is 0.0151. The number of amides is 1. The highest BCUT2D eigenvalue weighted by Crippen LogP contribution is 2.39. The fourth-order valence-corrected chi connectivity index (χ4v) is 4.89. The molecule has 1 saturated heterocycles. The average Bonchev–Trinajstić information content (AvgIpc) is 3.41. The molecule has 0 spiro atoms. The van der Waals surface area contributed by atoms with Gasteiger partial charge in [-0.2, -0.15) is 0 Å². The number of nitrogens with zero attached hydrogens (tertiary/aromatic N) is 4. The highest BCUT2D eigenvalue weighted by atomic mass is 16.6. The predicted molar refractivity (Wildman–Crippen MR) is 104 cm³/mol. The molecule has 7 heteroatoms. The zero-order valence-electron chi connectivity index (χ0n) is 15.8. The third-order valence-electron chi connectivity index (χ3n) is 6.20. The SMILES string of the molecule is Cc1cncc(C(=O)N[C@H]2CC[C@@H]3[C@H]2CCN3Cc2cccc3nonc23)c1. The summed E-state index contributed by atoms with van der Waals surface area (Å²) in [4.78, 5) is 19.3. The summed E-state index contributed by atoms with van der Waals surface area (Å²) in [5, 5.41) is 11.3. The van der Waals surface area contributed by atoms with E-state index in [0.717, 1.165) is 54.5 Å². The first-order valence-corrected chi connectivity index (χ1v) is 9.86. The molecule has 1 aliphatic heterocycles. The van der Waals surface area contributed by atoms with Crippen molar-refractivity contribution in [1.29, 1.82) is 0 Å². The van der Waals surface area contributed by atoms with Crippen LogP contribution in [0.5, 0.6) is 0 Å². The Balaban J connectivity index is 1.27. The molecule has 2 aromatic heterocycles. The Morgan fingerprint density at radius 3 is 3.07 bits per heavy atom. The Hall–Kier alpha value is -2.80. The van der Waals surface area contributed by atoms with Gasteiger partial charge in [0.05, 0.1) is 5.56 Å². The van der Waals surface area contributed by atoms with Gasteiger partial charge in [-0.15, -0.1) is 0 Å².